The van der Waals surface area contributed by atoms with Gasteiger partial charge in [-0.05, 0) is 47.5 Å². The van der Waals surface area contributed by atoms with Crippen LogP contribution < -0.4 is 15.0 Å². The quantitative estimate of drug-likeness (QED) is 0.724. The van der Waals surface area contributed by atoms with Crippen molar-refractivity contribution < 1.29 is 14.3 Å². The molecule has 0 aliphatic carbocycles. The van der Waals surface area contributed by atoms with Gasteiger partial charge in [-0.3, -0.25) is 9.59 Å². The molecule has 146 valence electrons. The molecule has 1 aliphatic heterocycles. The number of amides is 2. The van der Waals surface area contributed by atoms with E-state index >= 15 is 0 Å². The topological polar surface area (TPSA) is 58.6 Å². The fraction of sp³-hybridized carbons (Fsp3) is 0.167. The first-order valence-corrected chi connectivity index (χ1v) is 9.55. The number of carbonyl (C=O) groups is 2. The lowest BCUT2D eigenvalue weighted by atomic mass is 10.0. The van der Waals surface area contributed by atoms with Gasteiger partial charge >= 0.3 is 0 Å². The number of hydrogen-bond acceptors (Lipinski definition) is 3. The van der Waals surface area contributed by atoms with E-state index in [1.807, 2.05) is 78.9 Å². The molecule has 0 radical (unpaired) electrons. The van der Waals surface area contributed by atoms with E-state index in [0.29, 0.717) is 18.5 Å². The molecule has 0 aromatic heterocycles. The van der Waals surface area contributed by atoms with Crippen LogP contribution in [0.25, 0.3) is 11.1 Å². The highest BCUT2D eigenvalue weighted by atomic mass is 16.5. The third kappa shape index (κ3) is 4.14. The summed E-state index contributed by atoms with van der Waals surface area (Å²) in [5.41, 5.74) is 3.56. The van der Waals surface area contributed by atoms with Gasteiger partial charge in [0.15, 0.2) is 0 Å². The molecule has 5 heteroatoms. The number of benzene rings is 3. The van der Waals surface area contributed by atoms with Crippen LogP contribution in [0.3, 0.4) is 0 Å². The SMILES string of the molecule is COc1ccc(N2C[C@H](NC(=O)c3ccc(-c4ccccc4)cc3)CC2=O)cc1. The van der Waals surface area contributed by atoms with Gasteiger partial charge in [-0.15, -0.1) is 0 Å². The zero-order chi connectivity index (χ0) is 20.2. The van der Waals surface area contributed by atoms with Gasteiger partial charge in [0.05, 0.1) is 13.2 Å². The minimum atomic E-state index is -0.217. The molecule has 3 aromatic carbocycles. The number of rotatable bonds is 5. The number of hydrogen-bond donors (Lipinski definition) is 1. The largest absolute Gasteiger partial charge is 0.497 e. The molecule has 0 spiro atoms. The van der Waals surface area contributed by atoms with Gasteiger partial charge in [-0.2, -0.15) is 0 Å². The van der Waals surface area contributed by atoms with E-state index in [0.717, 1.165) is 22.6 Å². The Morgan fingerprint density at radius 3 is 2.24 bits per heavy atom. The van der Waals surface area contributed by atoms with E-state index in [1.165, 1.54) is 0 Å². The van der Waals surface area contributed by atoms with Crippen molar-refractivity contribution in [1.29, 1.82) is 0 Å². The Morgan fingerprint density at radius 1 is 0.931 bits per heavy atom. The molecule has 2 amide bonds. The smallest absolute Gasteiger partial charge is 0.251 e. The van der Waals surface area contributed by atoms with Crippen LogP contribution in [0.1, 0.15) is 16.8 Å². The van der Waals surface area contributed by atoms with Crippen LogP contribution in [0, 0.1) is 0 Å². The number of nitrogens with one attached hydrogen (secondary N) is 1. The van der Waals surface area contributed by atoms with Crippen LogP contribution in [0.4, 0.5) is 5.69 Å². The summed E-state index contributed by atoms with van der Waals surface area (Å²) < 4.78 is 5.16. The van der Waals surface area contributed by atoms with Crippen LogP contribution in [-0.2, 0) is 4.79 Å². The van der Waals surface area contributed by atoms with Gasteiger partial charge in [0.1, 0.15) is 5.75 Å². The second kappa shape index (κ2) is 8.19. The van der Waals surface area contributed by atoms with E-state index < -0.39 is 0 Å². The van der Waals surface area contributed by atoms with Gasteiger partial charge in [0, 0.05) is 24.2 Å². The molecule has 3 aromatic rings. The molecule has 1 aliphatic rings. The first-order valence-electron chi connectivity index (χ1n) is 9.55. The first-order chi connectivity index (χ1) is 14.1. The Balaban J connectivity index is 1.40. The molecule has 0 bridgehead atoms. The molecule has 1 saturated heterocycles. The lowest BCUT2D eigenvalue weighted by Crippen LogP contribution is -2.37. The van der Waals surface area contributed by atoms with Crippen molar-refractivity contribution in [2.24, 2.45) is 0 Å². The fourth-order valence-electron chi connectivity index (χ4n) is 3.53. The van der Waals surface area contributed by atoms with Crippen molar-refractivity contribution in [3.8, 4) is 16.9 Å². The maximum absolute atomic E-state index is 12.6. The van der Waals surface area contributed by atoms with E-state index in [-0.39, 0.29) is 17.9 Å². The Kier molecular flexibility index (Phi) is 5.29. The molecular weight excluding hydrogens is 364 g/mol. The number of methoxy groups -OCH3 is 1. The molecule has 4 rings (SSSR count). The molecule has 1 N–H and O–H groups in total. The minimum absolute atomic E-state index is 0.0000997. The van der Waals surface area contributed by atoms with E-state index in [4.69, 9.17) is 4.74 Å². The molecule has 29 heavy (non-hydrogen) atoms. The highest BCUT2D eigenvalue weighted by molar-refractivity contribution is 5.99. The predicted octanol–water partition coefficient (Wildman–Crippen LogP) is 3.90. The second-order valence-corrected chi connectivity index (χ2v) is 7.02. The molecular formula is C24H22N2O3. The molecule has 1 fully saturated rings. The standard InChI is InChI=1S/C24H22N2O3/c1-29-22-13-11-21(12-14-22)26-16-20(15-23(26)27)25-24(28)19-9-7-18(8-10-19)17-5-3-2-4-6-17/h2-14,20H,15-16H2,1H3,(H,25,28)/t20-/m1/s1. The van der Waals surface area contributed by atoms with E-state index in [2.05, 4.69) is 5.32 Å². The normalized spacial score (nSPS) is 16.0. The molecule has 0 unspecified atom stereocenters. The molecule has 1 heterocycles. The van der Waals surface area contributed by atoms with Crippen molar-refractivity contribution >= 4 is 17.5 Å². The Morgan fingerprint density at radius 2 is 1.59 bits per heavy atom. The van der Waals surface area contributed by atoms with Crippen molar-refractivity contribution in [1.82, 2.24) is 5.32 Å². The highest BCUT2D eigenvalue weighted by Gasteiger charge is 2.31. The summed E-state index contributed by atoms with van der Waals surface area (Å²) in [6, 6.07) is 24.7. The molecule has 1 atom stereocenters. The maximum atomic E-state index is 12.6. The van der Waals surface area contributed by atoms with Crippen molar-refractivity contribution in [2.45, 2.75) is 12.5 Å². The van der Waals surface area contributed by atoms with Gasteiger partial charge in [0.25, 0.3) is 5.91 Å². The number of anilines is 1. The number of ether oxygens (including phenoxy) is 1. The molecule has 5 nitrogen and oxygen atoms in total. The van der Waals surface area contributed by atoms with Crippen molar-refractivity contribution in [3.05, 3.63) is 84.4 Å². The summed E-state index contributed by atoms with van der Waals surface area (Å²) in [5.74, 6) is 0.572. The van der Waals surface area contributed by atoms with Crippen LogP contribution >= 0.6 is 0 Å². The highest BCUT2D eigenvalue weighted by Crippen LogP contribution is 2.24. The number of carbonyl (C=O) groups excluding carboxylic acids is 2. The summed E-state index contributed by atoms with van der Waals surface area (Å²) in [6.45, 7) is 0.457. The molecule has 0 saturated carbocycles. The minimum Gasteiger partial charge on any atom is -0.497 e. The average molecular weight is 386 g/mol. The Bertz CT molecular complexity index is 999. The summed E-state index contributed by atoms with van der Waals surface area (Å²) in [5, 5.41) is 2.98. The number of nitrogens with zero attached hydrogens (tertiary/aromatic N) is 1. The summed E-state index contributed by atoms with van der Waals surface area (Å²) in [7, 11) is 1.61. The Hall–Kier alpha value is -3.60. The van der Waals surface area contributed by atoms with Crippen LogP contribution in [0.2, 0.25) is 0 Å². The van der Waals surface area contributed by atoms with Crippen molar-refractivity contribution in [2.75, 3.05) is 18.6 Å². The van der Waals surface area contributed by atoms with Crippen molar-refractivity contribution in [3.63, 3.8) is 0 Å². The fourth-order valence-corrected chi connectivity index (χ4v) is 3.53. The van der Waals surface area contributed by atoms with E-state index in [9.17, 15) is 9.59 Å². The Labute approximate surface area is 169 Å². The van der Waals surface area contributed by atoms with Gasteiger partial charge < -0.3 is 15.0 Å². The lowest BCUT2D eigenvalue weighted by Gasteiger charge is -2.17. The third-order valence-corrected chi connectivity index (χ3v) is 5.10. The van der Waals surface area contributed by atoms with Crippen LogP contribution in [0.15, 0.2) is 78.9 Å². The second-order valence-electron chi connectivity index (χ2n) is 7.02. The third-order valence-electron chi connectivity index (χ3n) is 5.10. The average Bonchev–Trinajstić information content (AvgIpc) is 3.14. The van der Waals surface area contributed by atoms with E-state index in [1.54, 1.807) is 12.0 Å². The first kappa shape index (κ1) is 18.7. The van der Waals surface area contributed by atoms with Crippen LogP contribution in [0.5, 0.6) is 5.75 Å². The van der Waals surface area contributed by atoms with Gasteiger partial charge in [-0.1, -0.05) is 42.5 Å². The monoisotopic (exact) mass is 386 g/mol. The predicted molar refractivity (Wildman–Crippen MR) is 113 cm³/mol. The zero-order valence-corrected chi connectivity index (χ0v) is 16.2. The maximum Gasteiger partial charge on any atom is 0.251 e. The van der Waals surface area contributed by atoms with Crippen LogP contribution in [-0.4, -0.2) is 31.5 Å². The zero-order valence-electron chi connectivity index (χ0n) is 16.2. The van der Waals surface area contributed by atoms with Gasteiger partial charge in [0.2, 0.25) is 5.91 Å². The summed E-state index contributed by atoms with van der Waals surface area (Å²) in [4.78, 5) is 26.7. The summed E-state index contributed by atoms with van der Waals surface area (Å²) >= 11 is 0. The lowest BCUT2D eigenvalue weighted by molar-refractivity contribution is -0.117. The summed E-state index contributed by atoms with van der Waals surface area (Å²) in [6.07, 6.45) is 0.292. The van der Waals surface area contributed by atoms with Gasteiger partial charge in [-0.25, -0.2) is 0 Å².